The molecule has 0 aromatic rings. The Morgan fingerprint density at radius 3 is 2.62 bits per heavy atom. The van der Waals surface area contributed by atoms with Crippen LogP contribution in [0.3, 0.4) is 0 Å². The lowest BCUT2D eigenvalue weighted by Gasteiger charge is -2.12. The average Bonchev–Trinajstić information content (AvgIpc) is 2.43. The molecule has 1 fully saturated rings. The van der Waals surface area contributed by atoms with Gasteiger partial charge in [0, 0.05) is 13.1 Å². The van der Waals surface area contributed by atoms with Crippen LogP contribution in [-0.2, 0) is 4.79 Å². The van der Waals surface area contributed by atoms with Gasteiger partial charge in [0.15, 0.2) is 5.17 Å². The number of carbonyl (C=O) groups excluding carboxylic acids is 1. The summed E-state index contributed by atoms with van der Waals surface area (Å²) >= 11 is 1.60. The Morgan fingerprint density at radius 1 is 1.46 bits per heavy atom. The number of aliphatic imine (C=N–C) groups is 1. The van der Waals surface area contributed by atoms with Crippen LogP contribution in [0.2, 0.25) is 0 Å². The van der Waals surface area contributed by atoms with Gasteiger partial charge in [-0.1, -0.05) is 18.7 Å². The van der Waals surface area contributed by atoms with Crippen LogP contribution >= 0.6 is 11.8 Å². The molecule has 0 bridgehead atoms. The van der Waals surface area contributed by atoms with Crippen LogP contribution in [0.1, 0.15) is 27.2 Å². The molecule has 0 aliphatic carbocycles. The van der Waals surface area contributed by atoms with E-state index >= 15 is 0 Å². The van der Waals surface area contributed by atoms with E-state index in [0.717, 1.165) is 24.7 Å². The Hall–Kier alpha value is -0.510. The van der Waals surface area contributed by atoms with Crippen molar-refractivity contribution in [3.63, 3.8) is 0 Å². The minimum absolute atomic E-state index is 0.102. The fraction of sp³-hybridized carbons (Fsp3) is 0.778. The van der Waals surface area contributed by atoms with E-state index in [1.165, 1.54) is 0 Å². The van der Waals surface area contributed by atoms with Gasteiger partial charge in [0.25, 0.3) is 0 Å². The minimum Gasteiger partial charge on any atom is -0.291 e. The molecule has 0 N–H and O–H groups in total. The average molecular weight is 200 g/mol. The van der Waals surface area contributed by atoms with Gasteiger partial charge in [-0.2, -0.15) is 0 Å². The molecule has 1 aliphatic rings. The molecule has 1 unspecified atom stereocenters. The summed E-state index contributed by atoms with van der Waals surface area (Å²) < 4.78 is 0. The lowest BCUT2D eigenvalue weighted by molar-refractivity contribution is -0.126. The van der Waals surface area contributed by atoms with Gasteiger partial charge in [0.2, 0.25) is 5.91 Å². The van der Waals surface area contributed by atoms with Gasteiger partial charge < -0.3 is 0 Å². The van der Waals surface area contributed by atoms with Crippen LogP contribution in [0.25, 0.3) is 0 Å². The largest absolute Gasteiger partial charge is 0.291 e. The molecule has 1 amide bonds. The second-order valence-electron chi connectivity index (χ2n) is 2.85. The summed E-state index contributed by atoms with van der Waals surface area (Å²) in [5.74, 6) is 0.224. The zero-order valence-electron chi connectivity index (χ0n) is 8.41. The molecular formula is C9H16N2OS. The highest BCUT2D eigenvalue weighted by atomic mass is 32.2. The zero-order chi connectivity index (χ0) is 9.84. The molecule has 1 saturated heterocycles. The van der Waals surface area contributed by atoms with Crippen LogP contribution in [0.5, 0.6) is 0 Å². The van der Waals surface area contributed by atoms with Gasteiger partial charge in [-0.25, -0.2) is 0 Å². The smallest absolute Gasteiger partial charge is 0.242 e. The summed E-state index contributed by atoms with van der Waals surface area (Å²) in [4.78, 5) is 17.8. The number of amides is 1. The second-order valence-corrected chi connectivity index (χ2v) is 4.02. The summed E-state index contributed by atoms with van der Waals surface area (Å²) in [5, 5.41) is 1.01. The maximum absolute atomic E-state index is 11.7. The van der Waals surface area contributed by atoms with Crippen molar-refractivity contribution in [2.75, 3.05) is 13.1 Å². The highest BCUT2D eigenvalue weighted by molar-refractivity contribution is 8.15. The summed E-state index contributed by atoms with van der Waals surface area (Å²) in [6, 6.07) is 0. The molecule has 0 saturated carbocycles. The monoisotopic (exact) mass is 200 g/mol. The number of rotatable bonds is 3. The molecule has 3 nitrogen and oxygen atoms in total. The number of hydrogen-bond donors (Lipinski definition) is 0. The van der Waals surface area contributed by atoms with E-state index in [2.05, 4.69) is 4.99 Å². The van der Waals surface area contributed by atoms with Gasteiger partial charge in [0.05, 0.1) is 5.25 Å². The van der Waals surface area contributed by atoms with E-state index in [1.807, 2.05) is 20.8 Å². The van der Waals surface area contributed by atoms with Gasteiger partial charge in [-0.3, -0.25) is 14.7 Å². The molecule has 1 atom stereocenters. The van der Waals surface area contributed by atoms with Crippen LogP contribution in [0, 0.1) is 0 Å². The molecule has 1 rings (SSSR count). The van der Waals surface area contributed by atoms with Crippen LogP contribution in [-0.4, -0.2) is 34.3 Å². The lowest BCUT2D eigenvalue weighted by atomic mass is 10.3. The van der Waals surface area contributed by atoms with E-state index in [0.29, 0.717) is 0 Å². The van der Waals surface area contributed by atoms with Crippen LogP contribution in [0.15, 0.2) is 4.99 Å². The number of hydrogen-bond acceptors (Lipinski definition) is 3. The van der Waals surface area contributed by atoms with E-state index in [1.54, 1.807) is 16.7 Å². The first-order valence-corrected chi connectivity index (χ1v) is 5.65. The van der Waals surface area contributed by atoms with Crippen molar-refractivity contribution in [2.24, 2.45) is 4.99 Å². The first-order valence-electron chi connectivity index (χ1n) is 4.77. The van der Waals surface area contributed by atoms with E-state index in [4.69, 9.17) is 0 Å². The predicted molar refractivity (Wildman–Crippen MR) is 57.0 cm³/mol. The molecule has 13 heavy (non-hydrogen) atoms. The van der Waals surface area contributed by atoms with Gasteiger partial charge in [0.1, 0.15) is 0 Å². The Kier molecular flexibility index (Phi) is 3.78. The Morgan fingerprint density at radius 2 is 2.15 bits per heavy atom. The number of carbonyl (C=O) groups is 1. The predicted octanol–water partition coefficient (Wildman–Crippen LogP) is 1.74. The van der Waals surface area contributed by atoms with Crippen molar-refractivity contribution in [1.82, 2.24) is 4.90 Å². The van der Waals surface area contributed by atoms with E-state index < -0.39 is 0 Å². The van der Waals surface area contributed by atoms with Crippen LogP contribution in [0.4, 0.5) is 0 Å². The molecule has 0 spiro atoms. The first-order chi connectivity index (χ1) is 6.24. The van der Waals surface area contributed by atoms with Crippen molar-refractivity contribution < 1.29 is 4.79 Å². The number of thioether (sulfide) groups is 1. The van der Waals surface area contributed by atoms with Crippen LogP contribution < -0.4 is 0 Å². The van der Waals surface area contributed by atoms with E-state index in [-0.39, 0.29) is 11.2 Å². The van der Waals surface area contributed by atoms with Crippen molar-refractivity contribution in [1.29, 1.82) is 0 Å². The van der Waals surface area contributed by atoms with Gasteiger partial charge in [-0.05, 0) is 20.3 Å². The zero-order valence-corrected chi connectivity index (χ0v) is 9.23. The number of nitrogens with zero attached hydrogens (tertiary/aromatic N) is 2. The summed E-state index contributed by atoms with van der Waals surface area (Å²) in [7, 11) is 0. The fourth-order valence-electron chi connectivity index (χ4n) is 1.32. The molecule has 1 heterocycles. The topological polar surface area (TPSA) is 32.7 Å². The van der Waals surface area contributed by atoms with Crippen molar-refractivity contribution in [2.45, 2.75) is 32.4 Å². The minimum atomic E-state index is 0.102. The molecule has 4 heteroatoms. The molecule has 74 valence electrons. The SMILES string of the molecule is CCN=C1SC(CC)C(=O)N1CC. The summed E-state index contributed by atoms with van der Waals surface area (Å²) in [6.07, 6.45) is 0.892. The molecular weight excluding hydrogens is 184 g/mol. The third-order valence-electron chi connectivity index (χ3n) is 2.00. The Bertz CT molecular complexity index is 228. The molecule has 0 radical (unpaired) electrons. The normalized spacial score (nSPS) is 26.1. The van der Waals surface area contributed by atoms with Gasteiger partial charge in [-0.15, -0.1) is 0 Å². The maximum atomic E-state index is 11.7. The van der Waals surface area contributed by atoms with Crippen molar-refractivity contribution in [3.05, 3.63) is 0 Å². The third kappa shape index (κ3) is 2.05. The van der Waals surface area contributed by atoms with Crippen molar-refractivity contribution in [3.8, 4) is 0 Å². The van der Waals surface area contributed by atoms with E-state index in [9.17, 15) is 4.79 Å². The Labute approximate surface area is 83.6 Å². The molecule has 1 aliphatic heterocycles. The highest BCUT2D eigenvalue weighted by Crippen LogP contribution is 2.28. The lowest BCUT2D eigenvalue weighted by Crippen LogP contribution is -2.31. The summed E-state index contributed by atoms with van der Waals surface area (Å²) in [6.45, 7) is 7.51. The van der Waals surface area contributed by atoms with Crippen molar-refractivity contribution >= 4 is 22.8 Å². The number of amidine groups is 1. The first kappa shape index (κ1) is 10.6. The maximum Gasteiger partial charge on any atom is 0.242 e. The third-order valence-corrected chi connectivity index (χ3v) is 3.38. The fourth-order valence-corrected chi connectivity index (χ4v) is 2.52. The Balaban J connectivity index is 2.78. The molecule has 0 aromatic heterocycles. The van der Waals surface area contributed by atoms with Gasteiger partial charge >= 0.3 is 0 Å². The second kappa shape index (κ2) is 4.65. The standard InChI is InChI=1S/C9H16N2OS/c1-4-7-8(12)11(6-3)9(13-7)10-5-2/h7H,4-6H2,1-3H3. The molecule has 0 aromatic carbocycles. The summed E-state index contributed by atoms with van der Waals surface area (Å²) in [5.41, 5.74) is 0. The quantitative estimate of drug-likeness (QED) is 0.695. The highest BCUT2D eigenvalue weighted by Gasteiger charge is 2.35.